The van der Waals surface area contributed by atoms with Crippen molar-refractivity contribution >= 4 is 5.91 Å². The summed E-state index contributed by atoms with van der Waals surface area (Å²) in [4.78, 5) is 15.4. The Morgan fingerprint density at radius 1 is 1.59 bits per heavy atom. The largest absolute Gasteiger partial charge is 0.489 e. The van der Waals surface area contributed by atoms with Gasteiger partial charge in [-0.05, 0) is 25.3 Å². The topological polar surface area (TPSA) is 77.2 Å². The van der Waals surface area contributed by atoms with Gasteiger partial charge in [0.1, 0.15) is 17.5 Å². The van der Waals surface area contributed by atoms with Crippen molar-refractivity contribution in [3.05, 3.63) is 24.0 Å². The van der Waals surface area contributed by atoms with Gasteiger partial charge in [-0.1, -0.05) is 0 Å². The van der Waals surface area contributed by atoms with Crippen LogP contribution in [0.3, 0.4) is 0 Å². The van der Waals surface area contributed by atoms with Gasteiger partial charge in [0.2, 0.25) is 0 Å². The van der Waals surface area contributed by atoms with Gasteiger partial charge in [0.15, 0.2) is 0 Å². The smallest absolute Gasteiger partial charge is 0.269 e. The van der Waals surface area contributed by atoms with Crippen LogP contribution in [-0.4, -0.2) is 30.1 Å². The standard InChI is InChI=1S/C12H17N3O2/c1-14-12(16)10-7-8(5-6-15-10)17-11-4-2-3-9(11)13/h5-7,9,11H,2-4,13H2,1H3,(H,14,16). The molecule has 0 radical (unpaired) electrons. The van der Waals surface area contributed by atoms with E-state index in [2.05, 4.69) is 10.3 Å². The molecule has 0 spiro atoms. The van der Waals surface area contributed by atoms with Crippen LogP contribution in [-0.2, 0) is 0 Å². The van der Waals surface area contributed by atoms with Crippen molar-refractivity contribution in [2.24, 2.45) is 5.73 Å². The number of carbonyl (C=O) groups excluding carboxylic acids is 1. The Labute approximate surface area is 100 Å². The summed E-state index contributed by atoms with van der Waals surface area (Å²) < 4.78 is 5.78. The number of ether oxygens (including phenoxy) is 1. The van der Waals surface area contributed by atoms with Crippen LogP contribution in [0, 0.1) is 0 Å². The van der Waals surface area contributed by atoms with E-state index >= 15 is 0 Å². The first-order valence-electron chi connectivity index (χ1n) is 5.81. The molecule has 2 atom stereocenters. The summed E-state index contributed by atoms with van der Waals surface area (Å²) in [5.41, 5.74) is 6.29. The van der Waals surface area contributed by atoms with E-state index in [0.29, 0.717) is 11.4 Å². The van der Waals surface area contributed by atoms with E-state index in [-0.39, 0.29) is 18.1 Å². The Morgan fingerprint density at radius 3 is 3.06 bits per heavy atom. The second-order valence-electron chi connectivity index (χ2n) is 4.21. The molecule has 1 saturated carbocycles. The lowest BCUT2D eigenvalue weighted by Crippen LogP contribution is -2.33. The first kappa shape index (κ1) is 11.9. The van der Waals surface area contributed by atoms with Crippen LogP contribution in [0.1, 0.15) is 29.8 Å². The highest BCUT2D eigenvalue weighted by Crippen LogP contribution is 2.23. The molecule has 1 heterocycles. The first-order valence-corrected chi connectivity index (χ1v) is 5.81. The van der Waals surface area contributed by atoms with Crippen LogP contribution in [0.4, 0.5) is 0 Å². The molecular weight excluding hydrogens is 218 g/mol. The van der Waals surface area contributed by atoms with Crippen LogP contribution in [0.25, 0.3) is 0 Å². The molecule has 5 heteroatoms. The van der Waals surface area contributed by atoms with Gasteiger partial charge in [0, 0.05) is 25.4 Å². The van der Waals surface area contributed by atoms with E-state index in [1.54, 1.807) is 25.4 Å². The van der Waals surface area contributed by atoms with Crippen molar-refractivity contribution < 1.29 is 9.53 Å². The van der Waals surface area contributed by atoms with Crippen molar-refractivity contribution in [3.8, 4) is 5.75 Å². The Balaban J connectivity index is 2.08. The number of aromatic nitrogens is 1. The summed E-state index contributed by atoms with van der Waals surface area (Å²) in [5.74, 6) is 0.437. The zero-order chi connectivity index (χ0) is 12.3. The summed E-state index contributed by atoms with van der Waals surface area (Å²) >= 11 is 0. The summed E-state index contributed by atoms with van der Waals surface area (Å²) in [7, 11) is 1.57. The monoisotopic (exact) mass is 235 g/mol. The molecule has 92 valence electrons. The normalized spacial score (nSPS) is 23.4. The molecule has 0 bridgehead atoms. The summed E-state index contributed by atoms with van der Waals surface area (Å²) in [6, 6.07) is 3.48. The van der Waals surface area contributed by atoms with Gasteiger partial charge in [-0.25, -0.2) is 0 Å². The summed E-state index contributed by atoms with van der Waals surface area (Å²) in [6.45, 7) is 0. The van der Waals surface area contributed by atoms with Gasteiger partial charge in [0.05, 0.1) is 0 Å². The number of carbonyl (C=O) groups is 1. The summed E-state index contributed by atoms with van der Waals surface area (Å²) in [5, 5.41) is 2.53. The number of nitrogens with zero attached hydrogens (tertiary/aromatic N) is 1. The second-order valence-corrected chi connectivity index (χ2v) is 4.21. The minimum Gasteiger partial charge on any atom is -0.489 e. The number of nitrogens with two attached hydrogens (primary N) is 1. The molecule has 5 nitrogen and oxygen atoms in total. The molecule has 17 heavy (non-hydrogen) atoms. The maximum atomic E-state index is 11.4. The fraction of sp³-hybridized carbons (Fsp3) is 0.500. The molecule has 1 amide bonds. The van der Waals surface area contributed by atoms with E-state index in [1.165, 1.54) is 0 Å². The molecule has 1 aromatic heterocycles. The minimum absolute atomic E-state index is 0.0509. The SMILES string of the molecule is CNC(=O)c1cc(OC2CCCC2N)ccn1. The zero-order valence-electron chi connectivity index (χ0n) is 9.85. The number of hydrogen-bond donors (Lipinski definition) is 2. The Kier molecular flexibility index (Phi) is 3.58. The third-order valence-corrected chi connectivity index (χ3v) is 2.98. The van der Waals surface area contributed by atoms with Crippen molar-refractivity contribution in [1.82, 2.24) is 10.3 Å². The number of hydrogen-bond acceptors (Lipinski definition) is 4. The van der Waals surface area contributed by atoms with E-state index in [4.69, 9.17) is 10.5 Å². The maximum Gasteiger partial charge on any atom is 0.269 e. The van der Waals surface area contributed by atoms with Gasteiger partial charge in [-0.2, -0.15) is 0 Å². The third-order valence-electron chi connectivity index (χ3n) is 2.98. The number of nitrogens with one attached hydrogen (secondary N) is 1. The Hall–Kier alpha value is -1.62. The fourth-order valence-electron chi connectivity index (χ4n) is 2.01. The third kappa shape index (κ3) is 2.74. The number of rotatable bonds is 3. The summed E-state index contributed by atoms with van der Waals surface area (Å²) in [6.07, 6.45) is 4.69. The zero-order valence-corrected chi connectivity index (χ0v) is 9.85. The van der Waals surface area contributed by atoms with E-state index in [0.717, 1.165) is 19.3 Å². The van der Waals surface area contributed by atoms with Gasteiger partial charge in [0.25, 0.3) is 5.91 Å². The average molecular weight is 235 g/mol. The van der Waals surface area contributed by atoms with Crippen molar-refractivity contribution in [3.63, 3.8) is 0 Å². The fourth-order valence-corrected chi connectivity index (χ4v) is 2.01. The highest BCUT2D eigenvalue weighted by Gasteiger charge is 2.25. The molecular formula is C12H17N3O2. The molecule has 1 fully saturated rings. The van der Waals surface area contributed by atoms with Crippen LogP contribution in [0.5, 0.6) is 5.75 Å². The lowest BCUT2D eigenvalue weighted by molar-refractivity contribution is 0.0957. The van der Waals surface area contributed by atoms with Crippen LogP contribution >= 0.6 is 0 Å². The van der Waals surface area contributed by atoms with Crippen molar-refractivity contribution in [1.29, 1.82) is 0 Å². The molecule has 0 saturated heterocycles. The molecule has 2 rings (SSSR count). The highest BCUT2D eigenvalue weighted by atomic mass is 16.5. The lowest BCUT2D eigenvalue weighted by Gasteiger charge is -2.17. The maximum absolute atomic E-state index is 11.4. The predicted octanol–water partition coefficient (Wildman–Crippen LogP) is 0.700. The molecule has 3 N–H and O–H groups in total. The van der Waals surface area contributed by atoms with Crippen LogP contribution in [0.15, 0.2) is 18.3 Å². The van der Waals surface area contributed by atoms with E-state index < -0.39 is 0 Å². The van der Waals surface area contributed by atoms with Crippen LogP contribution < -0.4 is 15.8 Å². The van der Waals surface area contributed by atoms with Gasteiger partial charge in [-0.3, -0.25) is 9.78 Å². The molecule has 0 aromatic carbocycles. The Morgan fingerprint density at radius 2 is 2.41 bits per heavy atom. The average Bonchev–Trinajstić information content (AvgIpc) is 2.74. The predicted molar refractivity (Wildman–Crippen MR) is 63.9 cm³/mol. The van der Waals surface area contributed by atoms with E-state index in [1.807, 2.05) is 0 Å². The second kappa shape index (κ2) is 5.14. The van der Waals surface area contributed by atoms with Crippen molar-refractivity contribution in [2.45, 2.75) is 31.4 Å². The van der Waals surface area contributed by atoms with Gasteiger partial charge >= 0.3 is 0 Å². The van der Waals surface area contributed by atoms with Gasteiger partial charge in [-0.15, -0.1) is 0 Å². The molecule has 2 unspecified atom stereocenters. The highest BCUT2D eigenvalue weighted by molar-refractivity contribution is 5.92. The lowest BCUT2D eigenvalue weighted by atomic mass is 10.2. The molecule has 1 aliphatic carbocycles. The quantitative estimate of drug-likeness (QED) is 0.808. The van der Waals surface area contributed by atoms with Crippen molar-refractivity contribution in [2.75, 3.05) is 7.05 Å². The molecule has 0 aliphatic heterocycles. The van der Waals surface area contributed by atoms with Crippen LogP contribution in [0.2, 0.25) is 0 Å². The van der Waals surface area contributed by atoms with E-state index in [9.17, 15) is 4.79 Å². The number of amides is 1. The Bertz CT molecular complexity index is 408. The molecule has 1 aromatic rings. The first-order chi connectivity index (χ1) is 8.20. The number of pyridine rings is 1. The minimum atomic E-state index is -0.217. The van der Waals surface area contributed by atoms with Gasteiger partial charge < -0.3 is 15.8 Å². The molecule has 1 aliphatic rings.